The zero-order chi connectivity index (χ0) is 25.4. The van der Waals surface area contributed by atoms with Crippen LogP contribution in [0.5, 0.6) is 0 Å². The number of nitrogens with one attached hydrogen (secondary N) is 2. The smallest absolute Gasteiger partial charge is 0.320 e. The maximum absolute atomic E-state index is 12.7. The van der Waals surface area contributed by atoms with E-state index in [0.29, 0.717) is 12.8 Å². The van der Waals surface area contributed by atoms with Crippen molar-refractivity contribution < 1.29 is 33.5 Å². The predicted molar refractivity (Wildman–Crippen MR) is 122 cm³/mol. The molecule has 0 aromatic rings. The summed E-state index contributed by atoms with van der Waals surface area (Å²) in [7, 11) is 2.45. The molecule has 1 saturated heterocycles. The molecule has 1 heterocycles. The van der Waals surface area contributed by atoms with Gasteiger partial charge in [0.2, 0.25) is 6.10 Å². The first kappa shape index (κ1) is 28.3. The summed E-state index contributed by atoms with van der Waals surface area (Å²) in [6, 6.07) is 0. The molecule has 2 amide bonds. The zero-order valence-corrected chi connectivity index (χ0v) is 20.4. The van der Waals surface area contributed by atoms with E-state index in [9.17, 15) is 19.2 Å². The summed E-state index contributed by atoms with van der Waals surface area (Å²) in [5.41, 5.74) is -1.52. The van der Waals surface area contributed by atoms with Crippen LogP contribution in [-0.2, 0) is 33.5 Å². The maximum atomic E-state index is 12.7. The van der Waals surface area contributed by atoms with Gasteiger partial charge in [-0.15, -0.1) is 13.2 Å². The van der Waals surface area contributed by atoms with Crippen LogP contribution >= 0.6 is 0 Å². The average Bonchev–Trinajstić information content (AvgIpc) is 2.74. The highest BCUT2D eigenvalue weighted by Crippen LogP contribution is 2.45. The van der Waals surface area contributed by atoms with E-state index >= 15 is 0 Å². The summed E-state index contributed by atoms with van der Waals surface area (Å²) in [6.45, 7) is 14.9. The van der Waals surface area contributed by atoms with E-state index in [-0.39, 0.29) is 13.1 Å². The van der Waals surface area contributed by atoms with Gasteiger partial charge in [-0.05, 0) is 46.5 Å². The Morgan fingerprint density at radius 2 is 1.30 bits per heavy atom. The van der Waals surface area contributed by atoms with Crippen LogP contribution in [0.4, 0.5) is 0 Å². The van der Waals surface area contributed by atoms with Crippen LogP contribution < -0.4 is 10.6 Å². The van der Waals surface area contributed by atoms with Crippen LogP contribution in [0.1, 0.15) is 40.5 Å². The third-order valence-corrected chi connectivity index (χ3v) is 5.53. The van der Waals surface area contributed by atoms with E-state index in [1.165, 1.54) is 26.4 Å². The van der Waals surface area contributed by atoms with Crippen molar-refractivity contribution >= 4 is 23.8 Å². The molecule has 1 fully saturated rings. The van der Waals surface area contributed by atoms with E-state index < -0.39 is 52.8 Å². The zero-order valence-electron chi connectivity index (χ0n) is 20.4. The van der Waals surface area contributed by atoms with E-state index in [0.717, 1.165) is 0 Å². The van der Waals surface area contributed by atoms with Gasteiger partial charge in [0.15, 0.2) is 5.92 Å². The van der Waals surface area contributed by atoms with Gasteiger partial charge in [-0.2, -0.15) is 5.06 Å². The number of rotatable bonds is 11. The number of esters is 2. The first-order valence-corrected chi connectivity index (χ1v) is 10.8. The lowest BCUT2D eigenvalue weighted by Gasteiger charge is -2.54. The lowest BCUT2D eigenvalue weighted by Crippen LogP contribution is -2.64. The minimum Gasteiger partial charge on any atom is -0.468 e. The van der Waals surface area contributed by atoms with Gasteiger partial charge < -0.3 is 20.1 Å². The molecular formula is C23H37N3O7. The van der Waals surface area contributed by atoms with Gasteiger partial charge in [-0.3, -0.25) is 24.0 Å². The highest BCUT2D eigenvalue weighted by molar-refractivity contribution is 6.03. The first-order chi connectivity index (χ1) is 15.4. The number of nitrogens with zero attached hydrogens (tertiary/aromatic N) is 1. The van der Waals surface area contributed by atoms with Crippen LogP contribution in [0.15, 0.2) is 25.3 Å². The molecule has 1 rings (SSSR count). The average molecular weight is 468 g/mol. The summed E-state index contributed by atoms with van der Waals surface area (Å²) >= 11 is 0. The molecule has 0 atom stereocenters. The SMILES string of the molecule is C=CCNC(=O)C(ON1C(C)(C)CC(C(C(=O)OC)C(=O)OC)CC1(C)C)C(=O)NCC=C. The van der Waals surface area contributed by atoms with Crippen LogP contribution in [0, 0.1) is 11.8 Å². The first-order valence-electron chi connectivity index (χ1n) is 10.8. The van der Waals surface area contributed by atoms with Gasteiger partial charge in [-0.25, -0.2) is 0 Å². The highest BCUT2D eigenvalue weighted by atomic mass is 16.7. The Labute approximate surface area is 195 Å². The van der Waals surface area contributed by atoms with Crippen LogP contribution in [0.3, 0.4) is 0 Å². The predicted octanol–water partition coefficient (Wildman–Crippen LogP) is 1.12. The second kappa shape index (κ2) is 11.9. The monoisotopic (exact) mass is 467 g/mol. The molecule has 1 aliphatic heterocycles. The molecular weight excluding hydrogens is 430 g/mol. The Morgan fingerprint density at radius 1 is 0.909 bits per heavy atom. The summed E-state index contributed by atoms with van der Waals surface area (Å²) in [6.07, 6.45) is 2.23. The highest BCUT2D eigenvalue weighted by Gasteiger charge is 2.53. The Kier molecular flexibility index (Phi) is 10.2. The molecule has 0 unspecified atom stereocenters. The molecule has 0 aliphatic carbocycles. The number of carbonyl (C=O) groups excluding carboxylic acids is 4. The second-order valence-corrected chi connectivity index (χ2v) is 9.16. The van der Waals surface area contributed by atoms with Gasteiger partial charge in [0.25, 0.3) is 11.8 Å². The minimum atomic E-state index is -1.46. The van der Waals surface area contributed by atoms with Gasteiger partial charge in [0.1, 0.15) is 0 Å². The van der Waals surface area contributed by atoms with Crippen molar-refractivity contribution in [3.63, 3.8) is 0 Å². The van der Waals surface area contributed by atoms with Crippen molar-refractivity contribution in [2.75, 3.05) is 27.3 Å². The third kappa shape index (κ3) is 7.13. The number of methoxy groups -OCH3 is 2. The Morgan fingerprint density at radius 3 is 1.64 bits per heavy atom. The Bertz CT molecular complexity index is 705. The number of hydroxylamine groups is 2. The summed E-state index contributed by atoms with van der Waals surface area (Å²) in [5, 5.41) is 6.78. The fourth-order valence-electron chi connectivity index (χ4n) is 4.45. The summed E-state index contributed by atoms with van der Waals surface area (Å²) < 4.78 is 9.70. The molecule has 0 bridgehead atoms. The largest absolute Gasteiger partial charge is 0.468 e. The van der Waals surface area contributed by atoms with Crippen LogP contribution in [0.25, 0.3) is 0 Å². The van der Waals surface area contributed by atoms with E-state index in [4.69, 9.17) is 14.3 Å². The van der Waals surface area contributed by atoms with Crippen molar-refractivity contribution in [3.8, 4) is 0 Å². The maximum Gasteiger partial charge on any atom is 0.320 e. The fraction of sp³-hybridized carbons (Fsp3) is 0.652. The fourth-order valence-corrected chi connectivity index (χ4v) is 4.45. The second-order valence-electron chi connectivity index (χ2n) is 9.16. The number of hydrogen-bond acceptors (Lipinski definition) is 8. The van der Waals surface area contributed by atoms with Crippen molar-refractivity contribution in [1.29, 1.82) is 0 Å². The molecule has 33 heavy (non-hydrogen) atoms. The third-order valence-electron chi connectivity index (χ3n) is 5.53. The molecule has 0 spiro atoms. The standard InChI is InChI=1S/C23H37N3O7/c1-9-11-24-18(27)17(19(28)25-12-10-2)33-26-22(3,4)13-15(14-23(26,5)6)16(20(29)31-7)21(30)32-8/h9-10,15-17H,1-2,11-14H2,3-8H3,(H,24,27)(H,25,28). The van der Waals surface area contributed by atoms with Crippen molar-refractivity contribution in [3.05, 3.63) is 25.3 Å². The number of carbonyl (C=O) groups is 4. The van der Waals surface area contributed by atoms with Gasteiger partial charge in [0, 0.05) is 24.2 Å². The molecule has 0 radical (unpaired) electrons. The van der Waals surface area contributed by atoms with Gasteiger partial charge in [-0.1, -0.05) is 12.2 Å². The molecule has 0 saturated carbocycles. The van der Waals surface area contributed by atoms with Crippen molar-refractivity contribution in [2.45, 2.75) is 57.7 Å². The van der Waals surface area contributed by atoms with E-state index in [2.05, 4.69) is 23.8 Å². The lowest BCUT2D eigenvalue weighted by atomic mass is 9.70. The Balaban J connectivity index is 3.26. The molecule has 10 nitrogen and oxygen atoms in total. The molecule has 10 heteroatoms. The van der Waals surface area contributed by atoms with E-state index in [1.54, 1.807) is 5.06 Å². The number of amides is 2. The van der Waals surface area contributed by atoms with E-state index in [1.807, 2.05) is 27.7 Å². The normalized spacial score (nSPS) is 17.8. The summed E-state index contributed by atoms with van der Waals surface area (Å²) in [4.78, 5) is 56.2. The van der Waals surface area contributed by atoms with Gasteiger partial charge >= 0.3 is 11.9 Å². The molecule has 0 aromatic heterocycles. The van der Waals surface area contributed by atoms with Crippen LogP contribution in [0.2, 0.25) is 0 Å². The quantitative estimate of drug-likeness (QED) is 0.263. The lowest BCUT2D eigenvalue weighted by molar-refractivity contribution is -0.301. The Hall–Kier alpha value is -2.72. The topological polar surface area (TPSA) is 123 Å². The molecule has 0 aromatic carbocycles. The molecule has 1 aliphatic rings. The number of hydrogen-bond donors (Lipinski definition) is 2. The van der Waals surface area contributed by atoms with Crippen molar-refractivity contribution in [2.24, 2.45) is 11.8 Å². The summed E-state index contributed by atoms with van der Waals surface area (Å²) in [5.74, 6) is -4.07. The number of piperidine rings is 1. The molecule has 186 valence electrons. The molecule has 2 N–H and O–H groups in total. The van der Waals surface area contributed by atoms with Gasteiger partial charge in [0.05, 0.1) is 14.2 Å². The van der Waals surface area contributed by atoms with Crippen molar-refractivity contribution in [1.82, 2.24) is 15.7 Å². The van der Waals surface area contributed by atoms with Crippen LogP contribution in [-0.4, -0.2) is 73.3 Å². The number of ether oxygens (including phenoxy) is 2. The minimum absolute atomic E-state index is 0.169.